The summed E-state index contributed by atoms with van der Waals surface area (Å²) in [5.41, 5.74) is 1.14. The molecule has 0 bridgehead atoms. The smallest absolute Gasteiger partial charge is 0.422 e. The van der Waals surface area contributed by atoms with E-state index in [2.05, 4.69) is 35.7 Å². The van der Waals surface area contributed by atoms with Gasteiger partial charge in [-0.2, -0.15) is 18.2 Å². The number of ether oxygens (including phenoxy) is 1. The molecule has 2 N–H and O–H groups in total. The largest absolute Gasteiger partial charge is 0.467 e. The van der Waals surface area contributed by atoms with E-state index in [1.54, 1.807) is 13.1 Å². The van der Waals surface area contributed by atoms with Crippen molar-refractivity contribution in [3.05, 3.63) is 48.6 Å². The van der Waals surface area contributed by atoms with Crippen LogP contribution in [0.5, 0.6) is 5.88 Å². The van der Waals surface area contributed by atoms with Gasteiger partial charge in [0.1, 0.15) is 10.5 Å². The van der Waals surface area contributed by atoms with Crippen molar-refractivity contribution in [1.29, 1.82) is 0 Å². The first kappa shape index (κ1) is 24.4. The van der Waals surface area contributed by atoms with E-state index in [9.17, 15) is 18.0 Å². The Kier molecular flexibility index (Phi) is 6.56. The van der Waals surface area contributed by atoms with E-state index >= 15 is 0 Å². The number of alkyl halides is 3. The van der Waals surface area contributed by atoms with Gasteiger partial charge in [0.2, 0.25) is 23.5 Å². The lowest BCUT2D eigenvalue weighted by molar-refractivity contribution is -0.153. The third kappa shape index (κ3) is 5.74. The van der Waals surface area contributed by atoms with Gasteiger partial charge in [-0.1, -0.05) is 28.6 Å². The first-order valence-corrected chi connectivity index (χ1v) is 11.7. The van der Waals surface area contributed by atoms with Crippen molar-refractivity contribution in [3.8, 4) is 17.3 Å². The third-order valence-electron chi connectivity index (χ3n) is 5.09. The molecule has 4 heterocycles. The van der Waals surface area contributed by atoms with Gasteiger partial charge in [-0.3, -0.25) is 4.79 Å². The number of aromatic nitrogens is 5. The highest BCUT2D eigenvalue weighted by Gasteiger charge is 2.29. The number of benzene rings is 1. The zero-order valence-corrected chi connectivity index (χ0v) is 20.0. The van der Waals surface area contributed by atoms with Crippen LogP contribution in [0.1, 0.15) is 12.3 Å². The minimum Gasteiger partial charge on any atom is -0.467 e. The number of anilines is 2. The second-order valence-electron chi connectivity index (χ2n) is 7.84. The number of aryl methyl sites for hydroxylation is 1. The number of rotatable bonds is 8. The second kappa shape index (κ2) is 9.97. The molecule has 0 aliphatic carbocycles. The Morgan fingerprint density at radius 2 is 1.97 bits per heavy atom. The number of thiazole rings is 1. The van der Waals surface area contributed by atoms with Crippen LogP contribution in [0.15, 0.2) is 47.2 Å². The number of nitrogens with one attached hydrogen (secondary N) is 2. The highest BCUT2D eigenvalue weighted by Crippen LogP contribution is 2.33. The highest BCUT2D eigenvalue weighted by molar-refractivity contribution is 7.22. The van der Waals surface area contributed by atoms with Gasteiger partial charge in [-0.25, -0.2) is 15.0 Å². The average Bonchev–Trinajstić information content (AvgIpc) is 3.48. The van der Waals surface area contributed by atoms with Crippen LogP contribution in [0.4, 0.5) is 24.1 Å². The predicted molar refractivity (Wildman–Crippen MR) is 130 cm³/mol. The molecule has 1 amide bonds. The van der Waals surface area contributed by atoms with Crippen LogP contribution >= 0.6 is 11.3 Å². The molecule has 4 aromatic heterocycles. The third-order valence-corrected chi connectivity index (χ3v) is 6.06. The van der Waals surface area contributed by atoms with E-state index in [0.29, 0.717) is 27.7 Å². The molecule has 0 aliphatic heterocycles. The number of nitrogens with zero attached hydrogens (tertiary/aromatic N) is 5. The van der Waals surface area contributed by atoms with Crippen molar-refractivity contribution in [2.24, 2.45) is 0 Å². The van der Waals surface area contributed by atoms with Gasteiger partial charge < -0.3 is 19.9 Å². The van der Waals surface area contributed by atoms with Crippen LogP contribution in [0.3, 0.4) is 0 Å². The summed E-state index contributed by atoms with van der Waals surface area (Å²) in [5.74, 6) is 0.990. The number of hydrogen-bond donors (Lipinski definition) is 2. The fourth-order valence-electron chi connectivity index (χ4n) is 3.48. The minimum atomic E-state index is -4.49. The molecular formula is C23H18F3N7O3S. The molecule has 0 atom stereocenters. The molecule has 0 saturated carbocycles. The van der Waals surface area contributed by atoms with Crippen molar-refractivity contribution in [2.45, 2.75) is 19.5 Å². The molecule has 1 aromatic carbocycles. The van der Waals surface area contributed by atoms with Gasteiger partial charge in [0.15, 0.2) is 11.7 Å². The molecule has 0 unspecified atom stereocenters. The zero-order chi connectivity index (χ0) is 26.0. The summed E-state index contributed by atoms with van der Waals surface area (Å²) in [7, 11) is 0. The van der Waals surface area contributed by atoms with E-state index in [1.807, 2.05) is 24.3 Å². The number of carbonyl (C=O) groups is 1. The van der Waals surface area contributed by atoms with Gasteiger partial charge in [-0.15, -0.1) is 0 Å². The molecule has 5 rings (SSSR count). The highest BCUT2D eigenvalue weighted by atomic mass is 32.1. The molecular weight excluding hydrogens is 511 g/mol. The number of hydrogen-bond acceptors (Lipinski definition) is 10. The molecule has 0 spiro atoms. The van der Waals surface area contributed by atoms with Gasteiger partial charge in [0, 0.05) is 43.2 Å². The van der Waals surface area contributed by atoms with Crippen LogP contribution in [-0.2, 0) is 4.79 Å². The van der Waals surface area contributed by atoms with Crippen molar-refractivity contribution in [1.82, 2.24) is 25.1 Å². The van der Waals surface area contributed by atoms with Gasteiger partial charge in [-0.05, 0) is 23.6 Å². The second-order valence-corrected chi connectivity index (χ2v) is 8.84. The number of carbonyl (C=O) groups excluding carboxylic acids is 1. The summed E-state index contributed by atoms with van der Waals surface area (Å²) in [5, 5.41) is 11.8. The van der Waals surface area contributed by atoms with Crippen LogP contribution in [0.25, 0.3) is 32.4 Å². The Morgan fingerprint density at radius 1 is 1.14 bits per heavy atom. The Labute approximate surface area is 210 Å². The molecule has 37 heavy (non-hydrogen) atoms. The monoisotopic (exact) mass is 529 g/mol. The lowest BCUT2D eigenvalue weighted by Gasteiger charge is -2.09. The summed E-state index contributed by atoms with van der Waals surface area (Å²) in [6.07, 6.45) is -1.44. The van der Waals surface area contributed by atoms with E-state index in [4.69, 9.17) is 9.26 Å². The molecule has 0 radical (unpaired) electrons. The standard InChI is InChI=1S/C23H18F3N7O3S/c1-12-30-19(33-36-12)14-3-2-13-4-7-27-20(15(13)10-14)28-9-6-17(34)32-22-31-16-5-8-29-21(18(16)37-22)35-11-23(24,25)26/h2-5,7-8,10H,6,9,11H2,1H3,(H,27,28)(H,31,32,34). The summed E-state index contributed by atoms with van der Waals surface area (Å²) in [4.78, 5) is 29.2. The van der Waals surface area contributed by atoms with Crippen LogP contribution in [0.2, 0.25) is 0 Å². The normalized spacial score (nSPS) is 11.7. The summed E-state index contributed by atoms with van der Waals surface area (Å²) < 4.78 is 47.7. The molecule has 14 heteroatoms. The van der Waals surface area contributed by atoms with Crippen LogP contribution in [0, 0.1) is 6.92 Å². The van der Waals surface area contributed by atoms with E-state index < -0.39 is 12.8 Å². The van der Waals surface area contributed by atoms with Crippen molar-refractivity contribution < 1.29 is 27.2 Å². The van der Waals surface area contributed by atoms with Gasteiger partial charge in [0.05, 0.1) is 5.52 Å². The number of fused-ring (bicyclic) bond motifs is 2. The minimum absolute atomic E-state index is 0.0907. The molecule has 0 aliphatic rings. The Morgan fingerprint density at radius 3 is 2.76 bits per heavy atom. The fraction of sp³-hybridized carbons (Fsp3) is 0.217. The maximum absolute atomic E-state index is 12.5. The summed E-state index contributed by atoms with van der Waals surface area (Å²) in [6, 6.07) is 9.09. The Balaban J connectivity index is 1.23. The van der Waals surface area contributed by atoms with E-state index in [0.717, 1.165) is 27.7 Å². The molecule has 0 saturated heterocycles. The van der Waals surface area contributed by atoms with Crippen LogP contribution in [-0.4, -0.2) is 50.3 Å². The first-order valence-electron chi connectivity index (χ1n) is 10.9. The summed E-state index contributed by atoms with van der Waals surface area (Å²) >= 11 is 0.986. The van der Waals surface area contributed by atoms with Crippen molar-refractivity contribution in [2.75, 3.05) is 23.8 Å². The number of halogens is 3. The van der Waals surface area contributed by atoms with Crippen molar-refractivity contribution >= 4 is 49.2 Å². The maximum Gasteiger partial charge on any atom is 0.422 e. The SMILES string of the molecule is Cc1nc(-c2ccc3ccnc(NCCC(=O)Nc4nc5ccnc(OCC(F)(F)F)c5s4)c3c2)no1. The molecule has 190 valence electrons. The van der Waals surface area contributed by atoms with Gasteiger partial charge >= 0.3 is 6.18 Å². The van der Waals surface area contributed by atoms with E-state index in [-0.39, 0.29) is 29.9 Å². The van der Waals surface area contributed by atoms with Crippen LogP contribution < -0.4 is 15.4 Å². The topological polar surface area (TPSA) is 128 Å². The Bertz CT molecular complexity index is 1590. The lowest BCUT2D eigenvalue weighted by Crippen LogP contribution is -2.19. The molecule has 10 nitrogen and oxygen atoms in total. The van der Waals surface area contributed by atoms with E-state index in [1.165, 1.54) is 12.3 Å². The maximum atomic E-state index is 12.5. The zero-order valence-electron chi connectivity index (χ0n) is 19.2. The molecule has 0 fully saturated rings. The van der Waals surface area contributed by atoms with Gasteiger partial charge in [0.25, 0.3) is 0 Å². The molecule has 5 aromatic rings. The predicted octanol–water partition coefficient (Wildman–Crippen LogP) is 4.98. The quantitative estimate of drug-likeness (QED) is 0.286. The number of amides is 1. The number of pyridine rings is 2. The average molecular weight is 530 g/mol. The Hall–Kier alpha value is -4.33. The lowest BCUT2D eigenvalue weighted by atomic mass is 10.1. The van der Waals surface area contributed by atoms with Crippen molar-refractivity contribution in [3.63, 3.8) is 0 Å². The summed E-state index contributed by atoms with van der Waals surface area (Å²) in [6.45, 7) is 0.516. The first-order chi connectivity index (χ1) is 17.7. The fourth-order valence-corrected chi connectivity index (χ4v) is 4.40.